The Labute approximate surface area is 159 Å². The standard InChI is InChI=1S/C21H33NO3S/c1-17(19-9-8-10-20(15-19)25-16-18-11-12-18)22-26(23,24)14-7-5-6-13-21(2,3)4/h5-6,8-10,15,17-18,22H,7,11-14,16H2,1-4H3/b6-5-/t17-/m1/s1. The van der Waals surface area contributed by atoms with Crippen molar-refractivity contribution in [2.75, 3.05) is 12.4 Å². The van der Waals surface area contributed by atoms with Crippen LogP contribution in [0.3, 0.4) is 0 Å². The first-order valence-corrected chi connectivity index (χ1v) is 11.2. The molecule has 26 heavy (non-hydrogen) atoms. The number of sulfonamides is 1. The smallest absolute Gasteiger partial charge is 0.212 e. The maximum atomic E-state index is 12.3. The summed E-state index contributed by atoms with van der Waals surface area (Å²) >= 11 is 0. The van der Waals surface area contributed by atoms with E-state index in [2.05, 4.69) is 31.6 Å². The highest BCUT2D eigenvalue weighted by molar-refractivity contribution is 7.89. The molecule has 5 heteroatoms. The molecule has 1 fully saturated rings. The fourth-order valence-electron chi connectivity index (χ4n) is 2.55. The zero-order chi connectivity index (χ0) is 19.2. The van der Waals surface area contributed by atoms with Crippen molar-refractivity contribution < 1.29 is 13.2 Å². The highest BCUT2D eigenvalue weighted by atomic mass is 32.2. The Morgan fingerprint density at radius 2 is 2.00 bits per heavy atom. The van der Waals surface area contributed by atoms with Gasteiger partial charge in [0.05, 0.1) is 12.4 Å². The fraction of sp³-hybridized carbons (Fsp3) is 0.619. The molecule has 0 aliphatic heterocycles. The van der Waals surface area contributed by atoms with E-state index in [0.717, 1.165) is 24.3 Å². The summed E-state index contributed by atoms with van der Waals surface area (Å²) in [7, 11) is -3.32. The first-order valence-electron chi connectivity index (χ1n) is 9.52. The van der Waals surface area contributed by atoms with E-state index in [4.69, 9.17) is 4.74 Å². The van der Waals surface area contributed by atoms with Crippen molar-refractivity contribution in [3.63, 3.8) is 0 Å². The van der Waals surface area contributed by atoms with Gasteiger partial charge in [0.1, 0.15) is 5.75 Å². The van der Waals surface area contributed by atoms with E-state index in [1.807, 2.05) is 37.3 Å². The molecule has 0 amide bonds. The van der Waals surface area contributed by atoms with Gasteiger partial charge in [0, 0.05) is 6.04 Å². The van der Waals surface area contributed by atoms with Crippen LogP contribution in [0, 0.1) is 11.3 Å². The lowest BCUT2D eigenvalue weighted by Gasteiger charge is -2.16. The Balaban J connectivity index is 1.82. The van der Waals surface area contributed by atoms with Crippen LogP contribution in [0.5, 0.6) is 5.75 Å². The van der Waals surface area contributed by atoms with E-state index in [-0.39, 0.29) is 17.2 Å². The van der Waals surface area contributed by atoms with Gasteiger partial charge in [-0.15, -0.1) is 0 Å². The third kappa shape index (κ3) is 8.37. The average molecular weight is 380 g/mol. The number of hydrogen-bond donors (Lipinski definition) is 1. The molecule has 0 aromatic heterocycles. The van der Waals surface area contributed by atoms with Crippen LogP contribution < -0.4 is 9.46 Å². The zero-order valence-corrected chi connectivity index (χ0v) is 17.3. The third-order valence-corrected chi connectivity index (χ3v) is 5.83. The predicted octanol–water partition coefficient (Wildman–Crippen LogP) is 4.84. The summed E-state index contributed by atoms with van der Waals surface area (Å²) in [4.78, 5) is 0. The summed E-state index contributed by atoms with van der Waals surface area (Å²) in [6, 6.07) is 7.42. The van der Waals surface area contributed by atoms with Crippen LogP contribution in [0.4, 0.5) is 0 Å². The Morgan fingerprint density at radius 3 is 2.65 bits per heavy atom. The van der Waals surface area contributed by atoms with Crippen LogP contribution in [-0.4, -0.2) is 20.8 Å². The Bertz CT molecular complexity index is 700. The molecule has 0 bridgehead atoms. The average Bonchev–Trinajstić information content (AvgIpc) is 3.35. The third-order valence-electron chi connectivity index (χ3n) is 4.35. The second-order valence-corrected chi connectivity index (χ2v) is 10.4. The van der Waals surface area contributed by atoms with Crippen LogP contribution in [0.2, 0.25) is 0 Å². The molecule has 2 rings (SSSR count). The van der Waals surface area contributed by atoms with E-state index in [1.165, 1.54) is 12.8 Å². The van der Waals surface area contributed by atoms with Crippen molar-refractivity contribution in [1.29, 1.82) is 0 Å². The molecule has 0 heterocycles. The lowest BCUT2D eigenvalue weighted by Crippen LogP contribution is -2.29. The first kappa shape index (κ1) is 21.0. The molecule has 146 valence electrons. The van der Waals surface area contributed by atoms with E-state index in [1.54, 1.807) is 0 Å². The quantitative estimate of drug-likeness (QED) is 0.592. The number of nitrogens with one attached hydrogen (secondary N) is 1. The highest BCUT2D eigenvalue weighted by Gasteiger charge is 2.22. The van der Waals surface area contributed by atoms with Gasteiger partial charge in [0.2, 0.25) is 10.0 Å². The second kappa shape index (κ2) is 9.05. The van der Waals surface area contributed by atoms with E-state index in [9.17, 15) is 8.42 Å². The van der Waals surface area contributed by atoms with Gasteiger partial charge in [-0.25, -0.2) is 13.1 Å². The lowest BCUT2D eigenvalue weighted by atomic mass is 9.92. The Hall–Kier alpha value is -1.33. The van der Waals surface area contributed by atoms with Crippen molar-refractivity contribution in [2.24, 2.45) is 11.3 Å². The van der Waals surface area contributed by atoms with Gasteiger partial charge in [-0.3, -0.25) is 0 Å². The molecule has 0 unspecified atom stereocenters. The SMILES string of the molecule is C[C@@H](NS(=O)(=O)CC/C=C\CC(C)(C)C)c1cccc(OCC2CC2)c1. The largest absolute Gasteiger partial charge is 0.493 e. The maximum Gasteiger partial charge on any atom is 0.212 e. The van der Waals surface area contributed by atoms with Crippen molar-refractivity contribution in [3.05, 3.63) is 42.0 Å². The molecule has 1 saturated carbocycles. The zero-order valence-electron chi connectivity index (χ0n) is 16.5. The Morgan fingerprint density at radius 1 is 1.27 bits per heavy atom. The summed E-state index contributed by atoms with van der Waals surface area (Å²) in [6.07, 6.45) is 8.01. The van der Waals surface area contributed by atoms with Crippen LogP contribution in [0.15, 0.2) is 36.4 Å². The summed E-state index contributed by atoms with van der Waals surface area (Å²) < 4.78 is 33.2. The molecule has 1 N–H and O–H groups in total. The number of rotatable bonds is 10. The van der Waals surface area contributed by atoms with Crippen molar-refractivity contribution in [1.82, 2.24) is 4.72 Å². The molecule has 0 saturated heterocycles. The van der Waals surface area contributed by atoms with Crippen LogP contribution >= 0.6 is 0 Å². The molecule has 4 nitrogen and oxygen atoms in total. The Kier molecular flexibility index (Phi) is 7.30. The van der Waals surface area contributed by atoms with Gasteiger partial charge in [-0.1, -0.05) is 45.1 Å². The van der Waals surface area contributed by atoms with Gasteiger partial charge >= 0.3 is 0 Å². The number of hydrogen-bond acceptors (Lipinski definition) is 3. The molecular formula is C21H33NO3S. The van der Waals surface area contributed by atoms with E-state index < -0.39 is 10.0 Å². The number of allylic oxidation sites excluding steroid dienone is 2. The van der Waals surface area contributed by atoms with E-state index in [0.29, 0.717) is 12.3 Å². The van der Waals surface area contributed by atoms with Gasteiger partial charge in [-0.05, 0) is 61.6 Å². The molecular weight excluding hydrogens is 346 g/mol. The minimum Gasteiger partial charge on any atom is -0.493 e. The molecule has 1 aromatic rings. The van der Waals surface area contributed by atoms with Crippen molar-refractivity contribution in [2.45, 2.75) is 59.4 Å². The van der Waals surface area contributed by atoms with Gasteiger partial charge in [-0.2, -0.15) is 0 Å². The summed E-state index contributed by atoms with van der Waals surface area (Å²) in [5, 5.41) is 0. The normalized spacial score (nSPS) is 16.8. The first-order chi connectivity index (χ1) is 12.1. The molecule has 1 aromatic carbocycles. The van der Waals surface area contributed by atoms with Crippen LogP contribution in [0.25, 0.3) is 0 Å². The van der Waals surface area contributed by atoms with Crippen LogP contribution in [-0.2, 0) is 10.0 Å². The maximum absolute atomic E-state index is 12.3. The molecule has 1 atom stereocenters. The van der Waals surface area contributed by atoms with Crippen LogP contribution in [0.1, 0.15) is 65.0 Å². The van der Waals surface area contributed by atoms with E-state index >= 15 is 0 Å². The molecule has 0 spiro atoms. The van der Waals surface area contributed by atoms with Gasteiger partial charge in [0.15, 0.2) is 0 Å². The van der Waals surface area contributed by atoms with Crippen molar-refractivity contribution in [3.8, 4) is 5.75 Å². The van der Waals surface area contributed by atoms with Gasteiger partial charge < -0.3 is 4.74 Å². The minimum atomic E-state index is -3.32. The van der Waals surface area contributed by atoms with Crippen molar-refractivity contribution >= 4 is 10.0 Å². The highest BCUT2D eigenvalue weighted by Crippen LogP contribution is 2.30. The summed E-state index contributed by atoms with van der Waals surface area (Å²) in [5.74, 6) is 1.61. The summed E-state index contributed by atoms with van der Waals surface area (Å²) in [6.45, 7) is 9.12. The predicted molar refractivity (Wildman–Crippen MR) is 108 cm³/mol. The summed E-state index contributed by atoms with van der Waals surface area (Å²) in [5.41, 5.74) is 1.15. The van der Waals surface area contributed by atoms with Gasteiger partial charge in [0.25, 0.3) is 0 Å². The molecule has 1 aliphatic carbocycles. The molecule has 0 radical (unpaired) electrons. The topological polar surface area (TPSA) is 55.4 Å². The number of benzene rings is 1. The monoisotopic (exact) mass is 379 g/mol. The minimum absolute atomic E-state index is 0.107. The lowest BCUT2D eigenvalue weighted by molar-refractivity contribution is 0.299. The molecule has 1 aliphatic rings. The fourth-order valence-corrected chi connectivity index (χ4v) is 3.79. The second-order valence-electron chi connectivity index (χ2n) is 8.51. The number of ether oxygens (including phenoxy) is 1.